The van der Waals surface area contributed by atoms with E-state index in [1.54, 1.807) is 12.3 Å². The van der Waals surface area contributed by atoms with Gasteiger partial charge in [0.1, 0.15) is 11.9 Å². The summed E-state index contributed by atoms with van der Waals surface area (Å²) >= 11 is 0. The van der Waals surface area contributed by atoms with E-state index in [1.807, 2.05) is 27.7 Å². The molecule has 2 fully saturated rings. The Hall–Kier alpha value is -1.58. The summed E-state index contributed by atoms with van der Waals surface area (Å²) in [7, 11) is -0.482. The van der Waals surface area contributed by atoms with Crippen molar-refractivity contribution in [2.75, 3.05) is 5.32 Å². The largest absolute Gasteiger partial charge is 0.496 e. The zero-order chi connectivity index (χ0) is 15.3. The standard InChI is InChI=1S/C15H20BN3O2/c1-14(2)15(3,4)21-16(20-14)11-7-10(8-17)13(18-9-11)19-12-5-6-12/h7,9,12H,5-6H2,1-4H3,(H,18,19). The van der Waals surface area contributed by atoms with Crippen LogP contribution in [0.4, 0.5) is 5.82 Å². The smallest absolute Gasteiger partial charge is 0.399 e. The molecule has 1 aliphatic carbocycles. The maximum Gasteiger partial charge on any atom is 0.496 e. The van der Waals surface area contributed by atoms with Crippen LogP contribution in [0.1, 0.15) is 46.1 Å². The van der Waals surface area contributed by atoms with Crippen molar-refractivity contribution in [3.63, 3.8) is 0 Å². The molecule has 1 aromatic rings. The van der Waals surface area contributed by atoms with Crippen molar-refractivity contribution in [3.8, 4) is 6.07 Å². The topological polar surface area (TPSA) is 67.2 Å². The lowest BCUT2D eigenvalue weighted by Gasteiger charge is -2.32. The number of hydrogen-bond acceptors (Lipinski definition) is 5. The summed E-state index contributed by atoms with van der Waals surface area (Å²) in [5.74, 6) is 0.653. The first-order chi connectivity index (χ1) is 9.82. The molecule has 2 heterocycles. The molecule has 110 valence electrons. The SMILES string of the molecule is CC1(C)OB(c2cnc(NC3CC3)c(C#N)c2)OC1(C)C. The molecule has 6 heteroatoms. The first kappa shape index (κ1) is 14.4. The number of pyridine rings is 1. The van der Waals surface area contributed by atoms with E-state index in [2.05, 4.69) is 16.4 Å². The molecule has 0 atom stereocenters. The molecule has 0 amide bonds. The van der Waals surface area contributed by atoms with E-state index in [0.29, 0.717) is 17.4 Å². The molecule has 3 rings (SSSR count). The molecule has 0 aromatic carbocycles. The predicted molar refractivity (Wildman–Crippen MR) is 81.3 cm³/mol. The van der Waals surface area contributed by atoms with Crippen LogP contribution in [0.15, 0.2) is 12.3 Å². The molecule has 1 aromatic heterocycles. The van der Waals surface area contributed by atoms with Crippen LogP contribution in [-0.4, -0.2) is 29.3 Å². The number of nitrogens with zero attached hydrogens (tertiary/aromatic N) is 2. The highest BCUT2D eigenvalue weighted by Crippen LogP contribution is 2.36. The first-order valence-electron chi connectivity index (χ1n) is 7.34. The van der Waals surface area contributed by atoms with Crippen LogP contribution < -0.4 is 10.8 Å². The van der Waals surface area contributed by atoms with Gasteiger partial charge < -0.3 is 14.6 Å². The van der Waals surface area contributed by atoms with Crippen molar-refractivity contribution in [1.82, 2.24) is 4.98 Å². The Morgan fingerprint density at radius 2 is 1.90 bits per heavy atom. The highest BCUT2D eigenvalue weighted by Gasteiger charge is 2.51. The van der Waals surface area contributed by atoms with Gasteiger partial charge in [-0.1, -0.05) is 0 Å². The summed E-state index contributed by atoms with van der Waals surface area (Å²) in [6.45, 7) is 8.03. The van der Waals surface area contributed by atoms with Crippen LogP contribution in [0.3, 0.4) is 0 Å². The lowest BCUT2D eigenvalue weighted by atomic mass is 9.79. The third-order valence-electron chi connectivity index (χ3n) is 4.47. The van der Waals surface area contributed by atoms with Crippen LogP contribution in [0, 0.1) is 11.3 Å². The second-order valence-corrected chi connectivity index (χ2v) is 6.78. The number of nitrogens with one attached hydrogen (secondary N) is 1. The molecule has 0 spiro atoms. The van der Waals surface area contributed by atoms with Crippen LogP contribution in [0.5, 0.6) is 0 Å². The molecular weight excluding hydrogens is 265 g/mol. The third kappa shape index (κ3) is 2.64. The van der Waals surface area contributed by atoms with E-state index in [1.165, 1.54) is 0 Å². The second-order valence-electron chi connectivity index (χ2n) is 6.78. The Balaban J connectivity index is 1.85. The monoisotopic (exact) mass is 285 g/mol. The Morgan fingerprint density at radius 3 is 2.43 bits per heavy atom. The predicted octanol–water partition coefficient (Wildman–Crippen LogP) is 1.83. The van der Waals surface area contributed by atoms with Crippen molar-refractivity contribution in [2.45, 2.75) is 57.8 Å². The highest BCUT2D eigenvalue weighted by molar-refractivity contribution is 6.62. The number of hydrogen-bond donors (Lipinski definition) is 1. The van der Waals surface area contributed by atoms with Gasteiger partial charge in [-0.2, -0.15) is 5.26 Å². The summed E-state index contributed by atoms with van der Waals surface area (Å²) < 4.78 is 12.0. The molecule has 0 bridgehead atoms. The summed E-state index contributed by atoms with van der Waals surface area (Å²) in [6.07, 6.45) is 4.02. The first-order valence-corrected chi connectivity index (χ1v) is 7.34. The molecular formula is C15H20BN3O2. The third-order valence-corrected chi connectivity index (χ3v) is 4.47. The van der Waals surface area contributed by atoms with E-state index >= 15 is 0 Å². The van der Waals surface area contributed by atoms with Gasteiger partial charge in [0.25, 0.3) is 0 Å². The van der Waals surface area contributed by atoms with Gasteiger partial charge in [-0.15, -0.1) is 0 Å². The van der Waals surface area contributed by atoms with Crippen molar-refractivity contribution in [2.24, 2.45) is 0 Å². The fourth-order valence-corrected chi connectivity index (χ4v) is 2.21. The molecule has 2 aliphatic rings. The lowest BCUT2D eigenvalue weighted by molar-refractivity contribution is 0.00578. The van der Waals surface area contributed by atoms with Gasteiger partial charge in [-0.25, -0.2) is 4.98 Å². The number of rotatable bonds is 3. The average Bonchev–Trinajstić information content (AvgIpc) is 3.17. The Bertz CT molecular complexity index is 589. The minimum absolute atomic E-state index is 0.393. The quantitative estimate of drug-likeness (QED) is 0.858. The summed E-state index contributed by atoms with van der Waals surface area (Å²) in [5, 5.41) is 12.6. The summed E-state index contributed by atoms with van der Waals surface area (Å²) in [6, 6.07) is 4.47. The van der Waals surface area contributed by atoms with E-state index < -0.39 is 18.3 Å². The van der Waals surface area contributed by atoms with Gasteiger partial charge >= 0.3 is 7.12 Å². The fourth-order valence-electron chi connectivity index (χ4n) is 2.21. The van der Waals surface area contributed by atoms with Crippen molar-refractivity contribution < 1.29 is 9.31 Å². The number of nitriles is 1. The highest BCUT2D eigenvalue weighted by atomic mass is 16.7. The van der Waals surface area contributed by atoms with Crippen LogP contribution in [0.25, 0.3) is 0 Å². The van der Waals surface area contributed by atoms with Gasteiger partial charge in [0.15, 0.2) is 0 Å². The van der Waals surface area contributed by atoms with Gasteiger partial charge in [-0.3, -0.25) is 0 Å². The molecule has 0 radical (unpaired) electrons. The Labute approximate surface area is 125 Å². The zero-order valence-electron chi connectivity index (χ0n) is 12.9. The maximum absolute atomic E-state index is 9.31. The van der Waals surface area contributed by atoms with Gasteiger partial charge in [0.2, 0.25) is 0 Å². The molecule has 1 saturated heterocycles. The number of anilines is 1. The van der Waals surface area contributed by atoms with Gasteiger partial charge in [0, 0.05) is 17.7 Å². The van der Waals surface area contributed by atoms with Crippen molar-refractivity contribution in [3.05, 3.63) is 17.8 Å². The van der Waals surface area contributed by atoms with Crippen molar-refractivity contribution in [1.29, 1.82) is 5.26 Å². The molecule has 1 saturated carbocycles. The summed E-state index contributed by atoms with van der Waals surface area (Å²) in [5.41, 5.74) is 0.533. The van der Waals surface area contributed by atoms with Crippen LogP contribution in [-0.2, 0) is 9.31 Å². The molecule has 21 heavy (non-hydrogen) atoms. The van der Waals surface area contributed by atoms with E-state index in [-0.39, 0.29) is 0 Å². The van der Waals surface area contributed by atoms with Crippen LogP contribution in [0.2, 0.25) is 0 Å². The summed E-state index contributed by atoms with van der Waals surface area (Å²) in [4.78, 5) is 4.38. The van der Waals surface area contributed by atoms with Gasteiger partial charge in [-0.05, 0) is 46.6 Å². The maximum atomic E-state index is 9.31. The lowest BCUT2D eigenvalue weighted by Crippen LogP contribution is -2.41. The molecule has 1 aliphatic heterocycles. The molecule has 1 N–H and O–H groups in total. The van der Waals surface area contributed by atoms with Crippen LogP contribution >= 0.6 is 0 Å². The minimum atomic E-state index is -0.482. The zero-order valence-corrected chi connectivity index (χ0v) is 12.9. The normalized spacial score (nSPS) is 22.9. The van der Waals surface area contributed by atoms with E-state index in [9.17, 15) is 5.26 Å². The average molecular weight is 285 g/mol. The Kier molecular flexibility index (Phi) is 3.23. The van der Waals surface area contributed by atoms with E-state index in [4.69, 9.17) is 9.31 Å². The Morgan fingerprint density at radius 1 is 1.29 bits per heavy atom. The molecule has 0 unspecified atom stereocenters. The van der Waals surface area contributed by atoms with Crippen molar-refractivity contribution >= 4 is 18.4 Å². The molecule has 5 nitrogen and oxygen atoms in total. The number of aromatic nitrogens is 1. The second kappa shape index (κ2) is 4.72. The fraction of sp³-hybridized carbons (Fsp3) is 0.600. The van der Waals surface area contributed by atoms with E-state index in [0.717, 1.165) is 18.3 Å². The minimum Gasteiger partial charge on any atom is -0.399 e. The van der Waals surface area contributed by atoms with Gasteiger partial charge in [0.05, 0.1) is 16.8 Å².